The van der Waals surface area contributed by atoms with E-state index in [1.165, 1.54) is 11.8 Å². The first-order valence-electron chi connectivity index (χ1n) is 11.0. The second-order valence-corrected chi connectivity index (χ2v) is 9.76. The van der Waals surface area contributed by atoms with Crippen LogP contribution in [0.15, 0.2) is 63.6 Å². The number of ether oxygens (including phenoxy) is 4. The molecule has 0 fully saturated rings. The topological polar surface area (TPSA) is 92.8 Å². The minimum absolute atomic E-state index is 0.157. The molecule has 36 heavy (non-hydrogen) atoms. The van der Waals surface area contributed by atoms with Crippen LogP contribution >= 0.6 is 23.1 Å². The first-order chi connectivity index (χ1) is 17.6. The molecule has 184 valence electrons. The number of thiazole rings is 1. The summed E-state index contributed by atoms with van der Waals surface area (Å²) >= 11 is 3.05. The summed E-state index contributed by atoms with van der Waals surface area (Å²) in [4.78, 5) is 9.41. The number of hydrogen-bond donors (Lipinski definition) is 1. The maximum absolute atomic E-state index is 6.21. The van der Waals surface area contributed by atoms with Crippen molar-refractivity contribution in [3.05, 3.63) is 59.7 Å². The number of imidazole rings is 1. The largest absolute Gasteiger partial charge is 0.496 e. The van der Waals surface area contributed by atoms with E-state index in [9.17, 15) is 0 Å². The minimum Gasteiger partial charge on any atom is -0.496 e. The normalized spacial score (nSPS) is 14.6. The maximum atomic E-state index is 6.21. The van der Waals surface area contributed by atoms with Gasteiger partial charge in [-0.25, -0.2) is 14.6 Å². The summed E-state index contributed by atoms with van der Waals surface area (Å²) < 4.78 is 30.4. The highest BCUT2D eigenvalue weighted by atomic mass is 32.2. The van der Waals surface area contributed by atoms with E-state index in [0.29, 0.717) is 35.1 Å². The highest BCUT2D eigenvalue weighted by molar-refractivity contribution is 7.99. The van der Waals surface area contributed by atoms with E-state index in [1.54, 1.807) is 32.7 Å². The third-order valence-corrected chi connectivity index (χ3v) is 7.61. The van der Waals surface area contributed by atoms with Crippen molar-refractivity contribution in [1.82, 2.24) is 14.6 Å². The molecule has 0 radical (unpaired) electrons. The third-order valence-electron chi connectivity index (χ3n) is 5.67. The van der Waals surface area contributed by atoms with Crippen LogP contribution in [0.5, 0.6) is 17.2 Å². The first kappa shape index (κ1) is 22.8. The molecule has 1 atom stereocenters. The molecule has 6 rings (SSSR count). The Balaban J connectivity index is 1.26. The second kappa shape index (κ2) is 9.41. The van der Waals surface area contributed by atoms with Crippen LogP contribution in [0.2, 0.25) is 0 Å². The fourth-order valence-corrected chi connectivity index (χ4v) is 5.57. The van der Waals surface area contributed by atoms with Crippen LogP contribution in [-0.2, 0) is 11.3 Å². The fraction of sp³-hybridized carbons (Fsp3) is 0.200. The number of nitrogens with zero attached hydrogens (tertiary/aromatic N) is 3. The lowest BCUT2D eigenvalue weighted by molar-refractivity contribution is 0.187. The van der Waals surface area contributed by atoms with E-state index >= 15 is 0 Å². The molecule has 9 nitrogen and oxygen atoms in total. The van der Waals surface area contributed by atoms with Gasteiger partial charge in [0.2, 0.25) is 0 Å². The number of nitrogens with one attached hydrogen (secondary N) is 1. The molecular weight excluding hydrogens is 500 g/mol. The SMILES string of the molecule is COc1cc(OCc2csc(-c3ccccc3OC)n2)c2cc(-c3cn4c(n3)SC(OC)N4)oc2c1. The number of para-hydroxylation sites is 1. The molecule has 1 aliphatic rings. The summed E-state index contributed by atoms with van der Waals surface area (Å²) in [5.74, 6) is 2.70. The van der Waals surface area contributed by atoms with Crippen LogP contribution in [0.4, 0.5) is 0 Å². The van der Waals surface area contributed by atoms with Crippen LogP contribution in [0.25, 0.3) is 33.0 Å². The van der Waals surface area contributed by atoms with Crippen molar-refractivity contribution >= 4 is 34.1 Å². The molecule has 0 saturated heterocycles. The van der Waals surface area contributed by atoms with Gasteiger partial charge in [0.05, 0.1) is 37.1 Å². The van der Waals surface area contributed by atoms with Gasteiger partial charge in [-0.05, 0) is 30.0 Å². The minimum atomic E-state index is -0.157. The summed E-state index contributed by atoms with van der Waals surface area (Å²) in [5, 5.41) is 4.50. The van der Waals surface area contributed by atoms with E-state index in [-0.39, 0.29) is 5.56 Å². The Kier molecular flexibility index (Phi) is 5.96. The number of rotatable bonds is 8. The summed E-state index contributed by atoms with van der Waals surface area (Å²) in [5.41, 5.74) is 6.17. The summed E-state index contributed by atoms with van der Waals surface area (Å²) in [7, 11) is 4.92. The number of hydrogen-bond acceptors (Lipinski definition) is 10. The van der Waals surface area contributed by atoms with Crippen molar-refractivity contribution in [2.45, 2.75) is 17.3 Å². The molecule has 0 spiro atoms. The van der Waals surface area contributed by atoms with Crippen LogP contribution in [0.3, 0.4) is 0 Å². The number of furan rings is 1. The zero-order chi connectivity index (χ0) is 24.6. The van der Waals surface area contributed by atoms with Crippen LogP contribution < -0.4 is 19.6 Å². The van der Waals surface area contributed by atoms with Crippen LogP contribution in [-0.4, -0.2) is 41.5 Å². The summed E-state index contributed by atoms with van der Waals surface area (Å²) in [6, 6.07) is 13.5. The van der Waals surface area contributed by atoms with E-state index in [0.717, 1.165) is 32.6 Å². The van der Waals surface area contributed by atoms with E-state index in [4.69, 9.17) is 28.3 Å². The van der Waals surface area contributed by atoms with Gasteiger partial charge >= 0.3 is 0 Å². The number of aromatic nitrogens is 3. The Labute approximate surface area is 214 Å². The van der Waals surface area contributed by atoms with Crippen molar-refractivity contribution in [2.24, 2.45) is 0 Å². The Morgan fingerprint density at radius 3 is 2.75 bits per heavy atom. The van der Waals surface area contributed by atoms with Gasteiger partial charge in [-0.15, -0.1) is 11.3 Å². The zero-order valence-electron chi connectivity index (χ0n) is 19.7. The number of fused-ring (bicyclic) bond motifs is 2. The van der Waals surface area contributed by atoms with Gasteiger partial charge in [0, 0.05) is 24.6 Å². The van der Waals surface area contributed by atoms with Crippen molar-refractivity contribution in [3.8, 4) is 39.3 Å². The highest BCUT2D eigenvalue weighted by Crippen LogP contribution is 2.39. The van der Waals surface area contributed by atoms with Gasteiger partial charge in [-0.3, -0.25) is 5.43 Å². The molecular formula is C25H22N4O5S2. The van der Waals surface area contributed by atoms with Crippen LogP contribution in [0, 0.1) is 0 Å². The molecule has 5 aromatic rings. The van der Waals surface area contributed by atoms with E-state index in [1.807, 2.05) is 58.7 Å². The Bertz CT molecular complexity index is 1520. The third kappa shape index (κ3) is 4.15. The molecule has 0 amide bonds. The van der Waals surface area contributed by atoms with Gasteiger partial charge in [0.1, 0.15) is 40.1 Å². The van der Waals surface area contributed by atoms with Crippen molar-refractivity contribution < 1.29 is 23.4 Å². The highest BCUT2D eigenvalue weighted by Gasteiger charge is 2.25. The predicted octanol–water partition coefficient (Wildman–Crippen LogP) is 5.60. The molecule has 1 N–H and O–H groups in total. The van der Waals surface area contributed by atoms with Gasteiger partial charge in [-0.2, -0.15) is 0 Å². The maximum Gasteiger partial charge on any atom is 0.196 e. The van der Waals surface area contributed by atoms with Crippen molar-refractivity contribution in [2.75, 3.05) is 26.8 Å². The lowest BCUT2D eigenvalue weighted by Gasteiger charge is -2.08. The summed E-state index contributed by atoms with van der Waals surface area (Å²) in [6.45, 7) is 0.298. The molecule has 0 bridgehead atoms. The lowest BCUT2D eigenvalue weighted by atomic mass is 10.2. The molecule has 3 aromatic heterocycles. The average molecular weight is 523 g/mol. The number of thioether (sulfide) groups is 1. The lowest BCUT2D eigenvalue weighted by Crippen LogP contribution is -2.19. The Morgan fingerprint density at radius 2 is 1.94 bits per heavy atom. The van der Waals surface area contributed by atoms with Gasteiger partial charge in [0.15, 0.2) is 16.5 Å². The van der Waals surface area contributed by atoms with Crippen molar-refractivity contribution in [1.29, 1.82) is 0 Å². The van der Waals surface area contributed by atoms with Gasteiger partial charge in [-0.1, -0.05) is 12.1 Å². The predicted molar refractivity (Wildman–Crippen MR) is 138 cm³/mol. The van der Waals surface area contributed by atoms with Gasteiger partial charge in [0.25, 0.3) is 0 Å². The number of methoxy groups -OCH3 is 3. The average Bonchev–Trinajstić information content (AvgIpc) is 3.69. The van der Waals surface area contributed by atoms with Crippen LogP contribution in [0.1, 0.15) is 5.69 Å². The molecule has 1 aliphatic heterocycles. The summed E-state index contributed by atoms with van der Waals surface area (Å²) in [6.07, 6.45) is 1.88. The van der Waals surface area contributed by atoms with Crippen molar-refractivity contribution in [3.63, 3.8) is 0 Å². The molecule has 4 heterocycles. The monoisotopic (exact) mass is 522 g/mol. The smallest absolute Gasteiger partial charge is 0.196 e. The second-order valence-electron chi connectivity index (χ2n) is 7.87. The zero-order valence-corrected chi connectivity index (χ0v) is 21.3. The first-order valence-corrected chi connectivity index (χ1v) is 12.8. The molecule has 2 aromatic carbocycles. The Morgan fingerprint density at radius 1 is 1.06 bits per heavy atom. The van der Waals surface area contributed by atoms with Gasteiger partial charge < -0.3 is 23.4 Å². The molecule has 11 heteroatoms. The molecule has 0 aliphatic carbocycles. The van der Waals surface area contributed by atoms with E-state index < -0.39 is 0 Å². The molecule has 0 saturated carbocycles. The van der Waals surface area contributed by atoms with E-state index in [2.05, 4.69) is 10.4 Å². The standard InChI is InChI=1S/C25H22N4O5S2/c1-30-15-8-20(33-12-14-13-35-23(26-14)16-6-4-5-7-19(16)31-2)17-10-22(34-21(17)9-15)18-11-29-24(27-18)36-25(28-29)32-3/h4-11,13,25,28H,12H2,1-3H3. The quantitative estimate of drug-likeness (QED) is 0.280. The molecule has 1 unspecified atom stereocenters. The Hall–Kier alpha value is -3.67. The number of benzene rings is 2. The fourth-order valence-electron chi connectivity index (χ4n) is 3.91.